The van der Waals surface area contributed by atoms with Crippen LogP contribution in [0.2, 0.25) is 0 Å². The van der Waals surface area contributed by atoms with Crippen molar-refractivity contribution in [3.63, 3.8) is 0 Å². The van der Waals surface area contributed by atoms with Crippen molar-refractivity contribution in [1.82, 2.24) is 0 Å². The van der Waals surface area contributed by atoms with E-state index < -0.39 is 17.1 Å². The Morgan fingerprint density at radius 2 is 1.88 bits per heavy atom. The molecule has 6 rings (SSSR count). The van der Waals surface area contributed by atoms with Gasteiger partial charge in [-0.1, -0.05) is 47.0 Å². The lowest BCUT2D eigenvalue weighted by Crippen LogP contribution is -2.78. The average Bonchev–Trinajstić information content (AvgIpc) is 3.12. The van der Waals surface area contributed by atoms with Gasteiger partial charge in [0.05, 0.1) is 6.61 Å². The number of fused-ring (bicyclic) bond motifs is 2. The predicted molar refractivity (Wildman–Crippen MR) is 130 cm³/mol. The fourth-order valence-corrected chi connectivity index (χ4v) is 9.85. The molecule has 1 unspecified atom stereocenters. The molecule has 6 fully saturated rings. The van der Waals surface area contributed by atoms with Crippen LogP contribution in [0.25, 0.3) is 0 Å². The van der Waals surface area contributed by atoms with Crippen molar-refractivity contribution in [2.75, 3.05) is 6.61 Å². The molecule has 5 heteroatoms. The zero-order valence-electron chi connectivity index (χ0n) is 22.0. The van der Waals surface area contributed by atoms with Crippen LogP contribution in [0.1, 0.15) is 98.8 Å². The van der Waals surface area contributed by atoms with Crippen LogP contribution in [-0.4, -0.2) is 41.3 Å². The van der Waals surface area contributed by atoms with Crippen molar-refractivity contribution < 1.29 is 24.2 Å². The Hall–Kier alpha value is -0.940. The van der Waals surface area contributed by atoms with Gasteiger partial charge in [0, 0.05) is 18.8 Å². The molecule has 2 heterocycles. The highest BCUT2D eigenvalue weighted by Gasteiger charge is 2.75. The van der Waals surface area contributed by atoms with Crippen LogP contribution in [0.5, 0.6) is 0 Å². The molecule has 5 nitrogen and oxygen atoms in total. The molecule has 2 aliphatic heterocycles. The lowest BCUT2D eigenvalue weighted by Gasteiger charge is -2.68. The molecule has 192 valence electrons. The molecular weight excluding hydrogens is 428 g/mol. The Balaban J connectivity index is 1.38. The molecule has 6 aliphatic rings. The zero-order chi connectivity index (χ0) is 24.5. The normalized spacial score (nSPS) is 48.3. The van der Waals surface area contributed by atoms with Crippen LogP contribution in [0.3, 0.4) is 0 Å². The van der Waals surface area contributed by atoms with E-state index in [4.69, 9.17) is 9.47 Å². The van der Waals surface area contributed by atoms with E-state index >= 15 is 0 Å². The molecule has 0 aromatic heterocycles. The number of ether oxygens (including phenoxy) is 2. The monoisotopic (exact) mass is 474 g/mol. The van der Waals surface area contributed by atoms with Gasteiger partial charge in [0.25, 0.3) is 0 Å². The van der Waals surface area contributed by atoms with Crippen LogP contribution >= 0.6 is 0 Å². The number of carbonyl (C=O) groups excluding carboxylic acids is 2. The molecule has 2 bridgehead atoms. The van der Waals surface area contributed by atoms with E-state index in [0.29, 0.717) is 31.3 Å². The summed E-state index contributed by atoms with van der Waals surface area (Å²) >= 11 is 0. The van der Waals surface area contributed by atoms with Crippen LogP contribution in [0.4, 0.5) is 0 Å². The summed E-state index contributed by atoms with van der Waals surface area (Å²) in [4.78, 5) is 25.4. The van der Waals surface area contributed by atoms with E-state index in [2.05, 4.69) is 27.7 Å². The molecule has 0 aromatic rings. The van der Waals surface area contributed by atoms with Crippen LogP contribution in [-0.2, 0) is 19.1 Å². The molecule has 1 spiro atoms. The number of esters is 1. The highest BCUT2D eigenvalue weighted by Crippen LogP contribution is 2.70. The minimum Gasteiger partial charge on any atom is -0.462 e. The molecule has 34 heavy (non-hydrogen) atoms. The summed E-state index contributed by atoms with van der Waals surface area (Å²) in [7, 11) is 0. The topological polar surface area (TPSA) is 72.8 Å². The SMILES string of the molecule is CC(=O)O[C@@H]1CC[C@@]23CO[C@@H](C(=O)[C@@]2(O)C1)[C@H]1[C@@H]2CC[C@H](C(C)CCCC(C)C)[C@@]2(C)CC[C@@H]13. The quantitative estimate of drug-likeness (QED) is 0.527. The van der Waals surface area contributed by atoms with Crippen LogP contribution in [0.15, 0.2) is 0 Å². The number of carbonyl (C=O) groups is 2. The van der Waals surface area contributed by atoms with Gasteiger partial charge in [-0.25, -0.2) is 0 Å². The first kappa shape index (κ1) is 24.7. The van der Waals surface area contributed by atoms with Gasteiger partial charge in [-0.3, -0.25) is 9.59 Å². The second-order valence-electron chi connectivity index (χ2n) is 13.4. The van der Waals surface area contributed by atoms with E-state index in [1.807, 2.05) is 0 Å². The minimum atomic E-state index is -1.41. The van der Waals surface area contributed by atoms with Gasteiger partial charge in [-0.2, -0.15) is 0 Å². The smallest absolute Gasteiger partial charge is 0.302 e. The molecule has 0 amide bonds. The highest BCUT2D eigenvalue weighted by molar-refractivity contribution is 5.94. The number of Topliss-reactive ketones (excluding diaryl/α,β-unsaturated/α-hetero) is 1. The zero-order valence-corrected chi connectivity index (χ0v) is 22.0. The van der Waals surface area contributed by atoms with E-state index in [9.17, 15) is 14.7 Å². The van der Waals surface area contributed by atoms with E-state index in [1.54, 1.807) is 0 Å². The van der Waals surface area contributed by atoms with Gasteiger partial charge < -0.3 is 14.6 Å². The Kier molecular flexibility index (Phi) is 6.24. The van der Waals surface area contributed by atoms with Gasteiger partial charge in [0.1, 0.15) is 17.8 Å². The summed E-state index contributed by atoms with van der Waals surface area (Å²) in [5.41, 5.74) is -1.66. The number of hydrogen-bond acceptors (Lipinski definition) is 5. The van der Waals surface area contributed by atoms with Gasteiger partial charge in [-0.05, 0) is 79.4 Å². The summed E-state index contributed by atoms with van der Waals surface area (Å²) in [5.74, 6) is 2.83. The Morgan fingerprint density at radius 3 is 2.59 bits per heavy atom. The molecule has 0 radical (unpaired) electrons. The van der Waals surface area contributed by atoms with Gasteiger partial charge in [0.2, 0.25) is 0 Å². The second-order valence-corrected chi connectivity index (χ2v) is 13.4. The largest absolute Gasteiger partial charge is 0.462 e. The maximum atomic E-state index is 13.8. The van der Waals surface area contributed by atoms with E-state index in [-0.39, 0.29) is 35.6 Å². The highest BCUT2D eigenvalue weighted by atomic mass is 16.5. The molecule has 2 saturated heterocycles. The molecule has 4 saturated carbocycles. The van der Waals surface area contributed by atoms with Crippen molar-refractivity contribution >= 4 is 11.8 Å². The first-order valence-electron chi connectivity index (χ1n) is 14.1. The summed E-state index contributed by atoms with van der Waals surface area (Å²) in [6.45, 7) is 11.5. The Bertz CT molecular complexity index is 823. The summed E-state index contributed by atoms with van der Waals surface area (Å²) in [5, 5.41) is 11.9. The maximum absolute atomic E-state index is 13.8. The van der Waals surface area contributed by atoms with Crippen molar-refractivity contribution in [1.29, 1.82) is 0 Å². The second kappa shape index (κ2) is 8.57. The third kappa shape index (κ3) is 3.46. The Morgan fingerprint density at radius 1 is 1.12 bits per heavy atom. The van der Waals surface area contributed by atoms with Crippen molar-refractivity contribution in [2.24, 2.45) is 46.3 Å². The van der Waals surface area contributed by atoms with Crippen LogP contribution < -0.4 is 0 Å². The summed E-state index contributed by atoms with van der Waals surface area (Å²) in [6, 6.07) is 0. The van der Waals surface area contributed by atoms with Crippen molar-refractivity contribution in [2.45, 2.75) is 117 Å². The minimum absolute atomic E-state index is 0.116. The fraction of sp³-hybridized carbons (Fsp3) is 0.931. The van der Waals surface area contributed by atoms with E-state index in [0.717, 1.165) is 24.2 Å². The standard InChI is InChI=1S/C29H46O5/c1-17(2)7-6-8-18(3)21-9-10-22-24-23(12-13-27(21,22)5)28-14-11-20(34-19(4)30)15-29(28,32)26(31)25(24)33-16-28/h17-18,20-25,32H,6-16H2,1-5H3/t18?,20-,21-,22+,23+,24+,25-,27-,28+,29+/m1/s1. The van der Waals surface area contributed by atoms with Gasteiger partial charge in [0.15, 0.2) is 5.78 Å². The van der Waals surface area contributed by atoms with Crippen molar-refractivity contribution in [3.05, 3.63) is 0 Å². The summed E-state index contributed by atoms with van der Waals surface area (Å²) < 4.78 is 11.8. The van der Waals surface area contributed by atoms with Gasteiger partial charge in [-0.15, -0.1) is 0 Å². The maximum Gasteiger partial charge on any atom is 0.302 e. The third-order valence-electron chi connectivity index (χ3n) is 11.4. The van der Waals surface area contributed by atoms with E-state index in [1.165, 1.54) is 45.4 Å². The summed E-state index contributed by atoms with van der Waals surface area (Å²) in [6.07, 6.45) is 9.46. The molecular formula is C29H46O5. The molecule has 10 atom stereocenters. The predicted octanol–water partition coefficient (Wildman–Crippen LogP) is 5.32. The molecule has 0 aromatic carbocycles. The lowest BCUT2D eigenvalue weighted by molar-refractivity contribution is -0.296. The fourth-order valence-electron chi connectivity index (χ4n) is 9.85. The number of hydrogen-bond donors (Lipinski definition) is 1. The Labute approximate surface area is 205 Å². The van der Waals surface area contributed by atoms with Crippen molar-refractivity contribution in [3.8, 4) is 0 Å². The first-order valence-corrected chi connectivity index (χ1v) is 14.1. The lowest BCUT2D eigenvalue weighted by atomic mass is 9.40. The van der Waals surface area contributed by atoms with Gasteiger partial charge >= 0.3 is 5.97 Å². The first-order chi connectivity index (χ1) is 16.0. The average molecular weight is 475 g/mol. The number of aliphatic hydroxyl groups is 1. The third-order valence-corrected chi connectivity index (χ3v) is 11.4. The number of rotatable bonds is 6. The molecule has 4 aliphatic carbocycles. The van der Waals surface area contributed by atoms with Crippen LogP contribution in [0, 0.1) is 46.3 Å². The number of ketones is 1. The molecule has 1 N–H and O–H groups in total.